The van der Waals surface area contributed by atoms with Crippen molar-refractivity contribution in [2.45, 2.75) is 38.5 Å². The number of rotatable bonds is 4. The fraction of sp³-hybridized carbons (Fsp3) is 0.667. The van der Waals surface area contributed by atoms with E-state index in [-0.39, 0.29) is 5.91 Å². The number of hydrogen-bond acceptors (Lipinski definition) is 3. The standard InChI is InChI=1S/C18H25N3O/c1-19-16-15(3-2-4-20-16)17(22)21-11-18-8-12-5-13(9-18)7-14(6-12)10-18/h2-4,12-14H,5-11H2,1H3,(H,19,20)(H,21,22). The van der Waals surface area contributed by atoms with Gasteiger partial charge in [-0.05, 0) is 73.8 Å². The highest BCUT2D eigenvalue weighted by Gasteiger charge is 2.50. The van der Waals surface area contributed by atoms with Crippen molar-refractivity contribution in [1.29, 1.82) is 0 Å². The van der Waals surface area contributed by atoms with Gasteiger partial charge in [0.05, 0.1) is 5.56 Å². The maximum atomic E-state index is 12.5. The zero-order valence-electron chi connectivity index (χ0n) is 13.3. The van der Waals surface area contributed by atoms with Gasteiger partial charge in [0.15, 0.2) is 0 Å². The van der Waals surface area contributed by atoms with Crippen molar-refractivity contribution >= 4 is 11.7 Å². The Kier molecular flexibility index (Phi) is 3.35. The van der Waals surface area contributed by atoms with Gasteiger partial charge in [-0.3, -0.25) is 4.79 Å². The Hall–Kier alpha value is -1.58. The number of anilines is 1. The van der Waals surface area contributed by atoms with Crippen molar-refractivity contribution in [3.63, 3.8) is 0 Å². The molecule has 2 N–H and O–H groups in total. The van der Waals surface area contributed by atoms with Crippen LogP contribution in [0.3, 0.4) is 0 Å². The SMILES string of the molecule is CNc1ncccc1C(=O)NCC12CC3CC(CC(C3)C1)C2. The molecule has 4 heteroatoms. The van der Waals surface area contributed by atoms with E-state index in [4.69, 9.17) is 0 Å². The Morgan fingerprint density at radius 3 is 2.45 bits per heavy atom. The third kappa shape index (κ3) is 2.38. The summed E-state index contributed by atoms with van der Waals surface area (Å²) in [5.74, 6) is 3.44. The van der Waals surface area contributed by atoms with Gasteiger partial charge in [0, 0.05) is 19.8 Å². The molecule has 118 valence electrons. The average Bonchev–Trinajstić information content (AvgIpc) is 2.51. The lowest BCUT2D eigenvalue weighted by Gasteiger charge is -2.56. The molecule has 5 rings (SSSR count). The number of nitrogens with zero attached hydrogens (tertiary/aromatic N) is 1. The largest absolute Gasteiger partial charge is 0.372 e. The van der Waals surface area contributed by atoms with E-state index in [0.29, 0.717) is 16.8 Å². The summed E-state index contributed by atoms with van der Waals surface area (Å²) in [6.07, 6.45) is 10.0. The lowest BCUT2D eigenvalue weighted by atomic mass is 9.49. The van der Waals surface area contributed by atoms with E-state index < -0.39 is 0 Å². The van der Waals surface area contributed by atoms with E-state index in [1.54, 1.807) is 13.2 Å². The maximum absolute atomic E-state index is 12.5. The lowest BCUT2D eigenvalue weighted by Crippen LogP contribution is -2.51. The molecule has 4 fully saturated rings. The van der Waals surface area contributed by atoms with Crippen molar-refractivity contribution < 1.29 is 4.79 Å². The highest BCUT2D eigenvalue weighted by atomic mass is 16.1. The van der Waals surface area contributed by atoms with Crippen molar-refractivity contribution in [2.24, 2.45) is 23.2 Å². The zero-order valence-corrected chi connectivity index (χ0v) is 13.3. The first-order chi connectivity index (χ1) is 10.7. The third-order valence-corrected chi connectivity index (χ3v) is 6.08. The monoisotopic (exact) mass is 299 g/mol. The predicted octanol–water partition coefficient (Wildman–Crippen LogP) is 3.07. The fourth-order valence-corrected chi connectivity index (χ4v) is 5.66. The quantitative estimate of drug-likeness (QED) is 0.898. The van der Waals surface area contributed by atoms with Crippen LogP contribution in [0.25, 0.3) is 0 Å². The highest BCUT2D eigenvalue weighted by Crippen LogP contribution is 2.59. The molecule has 4 aliphatic rings. The molecule has 0 atom stereocenters. The summed E-state index contributed by atoms with van der Waals surface area (Å²) in [7, 11) is 1.80. The number of aromatic nitrogens is 1. The van der Waals surface area contributed by atoms with Crippen LogP contribution in [0, 0.1) is 23.2 Å². The molecule has 0 aromatic carbocycles. The van der Waals surface area contributed by atoms with Gasteiger partial charge in [-0.2, -0.15) is 0 Å². The Labute approximate surface area is 132 Å². The van der Waals surface area contributed by atoms with Gasteiger partial charge < -0.3 is 10.6 Å². The first-order valence-corrected chi connectivity index (χ1v) is 8.58. The molecule has 1 aromatic heterocycles. The number of nitrogens with one attached hydrogen (secondary N) is 2. The first-order valence-electron chi connectivity index (χ1n) is 8.58. The molecule has 4 aliphatic carbocycles. The Bertz CT molecular complexity index is 548. The number of hydrogen-bond donors (Lipinski definition) is 2. The van der Waals surface area contributed by atoms with Gasteiger partial charge in [-0.1, -0.05) is 0 Å². The average molecular weight is 299 g/mol. The molecule has 1 amide bonds. The van der Waals surface area contributed by atoms with Gasteiger partial charge in [-0.25, -0.2) is 4.98 Å². The van der Waals surface area contributed by atoms with Crippen LogP contribution in [0.5, 0.6) is 0 Å². The van der Waals surface area contributed by atoms with Crippen molar-refractivity contribution in [3.05, 3.63) is 23.9 Å². The highest BCUT2D eigenvalue weighted by molar-refractivity contribution is 5.98. The summed E-state index contributed by atoms with van der Waals surface area (Å²) in [4.78, 5) is 16.7. The molecule has 0 saturated heterocycles. The molecule has 0 spiro atoms. The number of carbonyl (C=O) groups is 1. The van der Waals surface area contributed by atoms with E-state index in [1.165, 1.54) is 38.5 Å². The molecular weight excluding hydrogens is 274 g/mol. The van der Waals surface area contributed by atoms with Gasteiger partial charge in [-0.15, -0.1) is 0 Å². The van der Waals surface area contributed by atoms with Gasteiger partial charge in [0.1, 0.15) is 5.82 Å². The Balaban J connectivity index is 1.45. The summed E-state index contributed by atoms with van der Waals surface area (Å²) in [6.45, 7) is 0.841. The van der Waals surface area contributed by atoms with E-state index in [0.717, 1.165) is 24.3 Å². The topological polar surface area (TPSA) is 54.0 Å². The molecule has 1 aromatic rings. The van der Waals surface area contributed by atoms with Crippen LogP contribution in [0.4, 0.5) is 5.82 Å². The van der Waals surface area contributed by atoms with Crippen LogP contribution in [-0.2, 0) is 0 Å². The van der Waals surface area contributed by atoms with Crippen molar-refractivity contribution in [3.8, 4) is 0 Å². The Morgan fingerprint density at radius 2 is 1.86 bits per heavy atom. The minimum absolute atomic E-state index is 0.00759. The Morgan fingerprint density at radius 1 is 1.23 bits per heavy atom. The van der Waals surface area contributed by atoms with Crippen LogP contribution < -0.4 is 10.6 Å². The van der Waals surface area contributed by atoms with Crippen LogP contribution >= 0.6 is 0 Å². The molecule has 0 radical (unpaired) electrons. The molecule has 0 aliphatic heterocycles. The molecule has 0 unspecified atom stereocenters. The summed E-state index contributed by atoms with van der Waals surface area (Å²) in [6, 6.07) is 3.66. The molecule has 4 nitrogen and oxygen atoms in total. The minimum Gasteiger partial charge on any atom is -0.372 e. The molecule has 4 bridgehead atoms. The van der Waals surface area contributed by atoms with Crippen LogP contribution in [0.15, 0.2) is 18.3 Å². The number of carbonyl (C=O) groups excluding carboxylic acids is 1. The van der Waals surface area contributed by atoms with E-state index in [9.17, 15) is 4.79 Å². The van der Waals surface area contributed by atoms with Crippen LogP contribution in [0.1, 0.15) is 48.9 Å². The van der Waals surface area contributed by atoms with Gasteiger partial charge in [0.25, 0.3) is 5.91 Å². The molecular formula is C18H25N3O. The van der Waals surface area contributed by atoms with Gasteiger partial charge >= 0.3 is 0 Å². The van der Waals surface area contributed by atoms with E-state index in [1.807, 2.05) is 12.1 Å². The second-order valence-corrected chi connectivity index (χ2v) is 7.75. The lowest BCUT2D eigenvalue weighted by molar-refractivity contribution is -0.0503. The second kappa shape index (κ2) is 5.25. The molecule has 1 heterocycles. The summed E-state index contributed by atoms with van der Waals surface area (Å²) >= 11 is 0. The van der Waals surface area contributed by atoms with Crippen LogP contribution in [-0.4, -0.2) is 24.5 Å². The summed E-state index contributed by atoms with van der Waals surface area (Å²) in [5.41, 5.74) is 1.03. The fourth-order valence-electron chi connectivity index (χ4n) is 5.66. The molecule has 4 saturated carbocycles. The minimum atomic E-state index is 0.00759. The first kappa shape index (κ1) is 14.0. The predicted molar refractivity (Wildman–Crippen MR) is 86.7 cm³/mol. The molecule has 22 heavy (non-hydrogen) atoms. The van der Waals surface area contributed by atoms with E-state index >= 15 is 0 Å². The summed E-state index contributed by atoms with van der Waals surface area (Å²) in [5, 5.41) is 6.21. The summed E-state index contributed by atoms with van der Waals surface area (Å²) < 4.78 is 0. The second-order valence-electron chi connectivity index (χ2n) is 7.75. The maximum Gasteiger partial charge on any atom is 0.255 e. The van der Waals surface area contributed by atoms with E-state index in [2.05, 4.69) is 15.6 Å². The normalized spacial score (nSPS) is 35.4. The number of pyridine rings is 1. The van der Waals surface area contributed by atoms with Crippen molar-refractivity contribution in [2.75, 3.05) is 18.9 Å². The van der Waals surface area contributed by atoms with Crippen molar-refractivity contribution in [1.82, 2.24) is 10.3 Å². The van der Waals surface area contributed by atoms with Gasteiger partial charge in [0.2, 0.25) is 0 Å². The smallest absolute Gasteiger partial charge is 0.255 e. The zero-order chi connectivity index (χ0) is 15.2. The van der Waals surface area contributed by atoms with Crippen LogP contribution in [0.2, 0.25) is 0 Å². The third-order valence-electron chi connectivity index (χ3n) is 6.08. The number of amides is 1.